The maximum atomic E-state index is 12.7. The van der Waals surface area contributed by atoms with Gasteiger partial charge in [0.1, 0.15) is 6.26 Å². The Morgan fingerprint density at radius 2 is 2.00 bits per heavy atom. The number of likely N-dealkylation sites (tertiary alicyclic amines) is 2. The molecular formula is C17H19N5O4. The molecule has 0 bridgehead atoms. The van der Waals surface area contributed by atoms with Crippen LogP contribution in [0, 0.1) is 12.3 Å². The number of H-pyrrole nitrogens is 1. The fourth-order valence-corrected chi connectivity index (χ4v) is 3.83. The van der Waals surface area contributed by atoms with Gasteiger partial charge in [0.25, 0.3) is 11.8 Å². The number of rotatable bonds is 2. The van der Waals surface area contributed by atoms with Gasteiger partial charge in [-0.15, -0.1) is 0 Å². The lowest BCUT2D eigenvalue weighted by Gasteiger charge is -2.54. The highest BCUT2D eigenvalue weighted by Crippen LogP contribution is 2.39. The van der Waals surface area contributed by atoms with E-state index in [0.717, 1.165) is 12.8 Å². The maximum Gasteiger partial charge on any atom is 0.278 e. The molecule has 2 aliphatic rings. The summed E-state index contributed by atoms with van der Waals surface area (Å²) in [5, 5.41) is 10.3. The number of carbonyl (C=O) groups excluding carboxylic acids is 2. The van der Waals surface area contributed by atoms with Crippen LogP contribution in [0.15, 0.2) is 27.7 Å². The minimum atomic E-state index is -0.373. The normalized spacial score (nSPS) is 18.7. The molecule has 9 nitrogen and oxygen atoms in total. The molecular weight excluding hydrogens is 338 g/mol. The van der Waals surface area contributed by atoms with E-state index in [9.17, 15) is 14.4 Å². The van der Waals surface area contributed by atoms with Gasteiger partial charge in [0.05, 0.1) is 0 Å². The zero-order chi connectivity index (χ0) is 18.3. The molecule has 0 radical (unpaired) electrons. The Morgan fingerprint density at radius 3 is 2.69 bits per heavy atom. The molecule has 0 unspecified atom stereocenters. The molecule has 2 aromatic heterocycles. The summed E-state index contributed by atoms with van der Waals surface area (Å²) < 4.78 is 4.72. The molecule has 136 valence electrons. The molecule has 0 atom stereocenters. The van der Waals surface area contributed by atoms with Crippen molar-refractivity contribution in [3.63, 3.8) is 0 Å². The molecule has 2 saturated heterocycles. The molecule has 0 aliphatic carbocycles. The Balaban J connectivity index is 1.44. The fourth-order valence-electron chi connectivity index (χ4n) is 3.83. The van der Waals surface area contributed by atoms with Gasteiger partial charge in [-0.25, -0.2) is 0 Å². The molecule has 4 heterocycles. The first-order valence-corrected chi connectivity index (χ1v) is 8.53. The minimum absolute atomic E-state index is 0.0810. The van der Waals surface area contributed by atoms with Crippen LogP contribution >= 0.6 is 0 Å². The summed E-state index contributed by atoms with van der Waals surface area (Å²) in [5.41, 5.74) is 0.330. The predicted molar refractivity (Wildman–Crippen MR) is 89.6 cm³/mol. The van der Waals surface area contributed by atoms with Crippen molar-refractivity contribution in [2.45, 2.75) is 19.8 Å². The summed E-state index contributed by atoms with van der Waals surface area (Å²) in [6, 6.07) is 2.92. The summed E-state index contributed by atoms with van der Waals surface area (Å²) in [4.78, 5) is 40.4. The van der Waals surface area contributed by atoms with Crippen molar-refractivity contribution in [2.75, 3.05) is 26.2 Å². The number of amides is 2. The van der Waals surface area contributed by atoms with Crippen molar-refractivity contribution in [1.29, 1.82) is 0 Å². The van der Waals surface area contributed by atoms with E-state index in [2.05, 4.69) is 15.4 Å². The number of piperidine rings is 1. The van der Waals surface area contributed by atoms with Gasteiger partial charge in [-0.05, 0) is 19.8 Å². The Bertz CT molecular complexity index is 898. The third-order valence-corrected chi connectivity index (χ3v) is 5.07. The number of nitrogens with one attached hydrogen (secondary N) is 1. The lowest BCUT2D eigenvalue weighted by molar-refractivity contribution is -0.0344. The highest BCUT2D eigenvalue weighted by molar-refractivity contribution is 5.93. The maximum absolute atomic E-state index is 12.7. The van der Waals surface area contributed by atoms with Gasteiger partial charge in [-0.2, -0.15) is 5.10 Å². The molecule has 1 spiro atoms. The van der Waals surface area contributed by atoms with E-state index >= 15 is 0 Å². The van der Waals surface area contributed by atoms with E-state index in [-0.39, 0.29) is 28.4 Å². The Labute approximate surface area is 149 Å². The van der Waals surface area contributed by atoms with Crippen LogP contribution in [0.3, 0.4) is 0 Å². The van der Waals surface area contributed by atoms with Crippen LogP contribution in [0.1, 0.15) is 39.5 Å². The van der Waals surface area contributed by atoms with Crippen molar-refractivity contribution >= 4 is 11.8 Å². The predicted octanol–water partition coefficient (Wildman–Crippen LogP) is 0.445. The van der Waals surface area contributed by atoms with Crippen molar-refractivity contribution in [2.24, 2.45) is 5.41 Å². The smallest absolute Gasteiger partial charge is 0.278 e. The van der Waals surface area contributed by atoms with Crippen LogP contribution in [0.4, 0.5) is 0 Å². The summed E-state index contributed by atoms with van der Waals surface area (Å²) in [5.74, 6) is -0.518. The lowest BCUT2D eigenvalue weighted by atomic mass is 9.73. The van der Waals surface area contributed by atoms with Crippen molar-refractivity contribution in [1.82, 2.24) is 25.2 Å². The SMILES string of the molecule is Cc1cc(=O)c(C(=O)N2CCCC3(CN(C(=O)c4ccon4)C3)C2)n[nH]1. The second-order valence-corrected chi connectivity index (χ2v) is 7.14. The first kappa shape index (κ1) is 16.5. The third-order valence-electron chi connectivity index (χ3n) is 5.07. The summed E-state index contributed by atoms with van der Waals surface area (Å²) in [6.07, 6.45) is 3.15. The summed E-state index contributed by atoms with van der Waals surface area (Å²) >= 11 is 0. The number of aromatic nitrogens is 3. The Hall–Kier alpha value is -2.97. The first-order chi connectivity index (χ1) is 12.5. The van der Waals surface area contributed by atoms with E-state index in [1.54, 1.807) is 22.8 Å². The number of hydrogen-bond acceptors (Lipinski definition) is 6. The van der Waals surface area contributed by atoms with E-state index in [4.69, 9.17) is 4.52 Å². The van der Waals surface area contributed by atoms with Crippen LogP contribution in [0.25, 0.3) is 0 Å². The molecule has 0 saturated carbocycles. The van der Waals surface area contributed by atoms with Gasteiger partial charge in [-0.1, -0.05) is 5.16 Å². The van der Waals surface area contributed by atoms with Gasteiger partial charge in [0, 0.05) is 49.4 Å². The molecule has 4 rings (SSSR count). The molecule has 1 N–H and O–H groups in total. The molecule has 2 amide bonds. The average molecular weight is 357 g/mol. The number of aryl methyl sites for hydroxylation is 1. The summed E-state index contributed by atoms with van der Waals surface area (Å²) in [6.45, 7) is 3.96. The van der Waals surface area contributed by atoms with Crippen LogP contribution in [0.2, 0.25) is 0 Å². The fraction of sp³-hybridized carbons (Fsp3) is 0.471. The molecule has 2 aromatic rings. The van der Waals surface area contributed by atoms with Gasteiger partial charge in [0.2, 0.25) is 5.43 Å². The molecule has 2 fully saturated rings. The van der Waals surface area contributed by atoms with Crippen LogP contribution in [-0.2, 0) is 0 Å². The number of carbonyl (C=O) groups is 2. The zero-order valence-electron chi connectivity index (χ0n) is 14.4. The standard InChI is InChI=1S/C17H19N5O4/c1-11-7-13(23)14(19-18-11)16(25)21-5-2-4-17(8-21)9-22(10-17)15(24)12-3-6-26-20-12/h3,6-7H,2,4-5,8-10H2,1H3,(H,18,23). The zero-order valence-corrected chi connectivity index (χ0v) is 14.4. The quantitative estimate of drug-likeness (QED) is 0.835. The number of nitrogens with zero attached hydrogens (tertiary/aromatic N) is 4. The Kier molecular flexibility index (Phi) is 3.86. The van der Waals surface area contributed by atoms with E-state index in [1.807, 2.05) is 0 Å². The monoisotopic (exact) mass is 357 g/mol. The van der Waals surface area contributed by atoms with Gasteiger partial charge in [-0.3, -0.25) is 19.5 Å². The van der Waals surface area contributed by atoms with E-state index < -0.39 is 0 Å². The van der Waals surface area contributed by atoms with Gasteiger partial charge in [0.15, 0.2) is 11.4 Å². The average Bonchev–Trinajstić information content (AvgIpc) is 3.13. The molecule has 9 heteroatoms. The van der Waals surface area contributed by atoms with E-state index in [1.165, 1.54) is 12.3 Å². The number of hydrogen-bond donors (Lipinski definition) is 1. The van der Waals surface area contributed by atoms with Crippen molar-refractivity contribution in [3.8, 4) is 0 Å². The highest BCUT2D eigenvalue weighted by atomic mass is 16.5. The first-order valence-electron chi connectivity index (χ1n) is 8.53. The Morgan fingerprint density at radius 1 is 1.23 bits per heavy atom. The molecule has 2 aliphatic heterocycles. The highest BCUT2D eigenvalue weighted by Gasteiger charge is 2.49. The minimum Gasteiger partial charge on any atom is -0.364 e. The summed E-state index contributed by atoms with van der Waals surface area (Å²) in [7, 11) is 0. The molecule has 0 aromatic carbocycles. The topological polar surface area (TPSA) is 112 Å². The van der Waals surface area contributed by atoms with Crippen molar-refractivity contribution < 1.29 is 14.1 Å². The van der Waals surface area contributed by atoms with Gasteiger partial charge >= 0.3 is 0 Å². The van der Waals surface area contributed by atoms with Gasteiger partial charge < -0.3 is 14.3 Å². The van der Waals surface area contributed by atoms with Crippen LogP contribution in [-0.4, -0.2) is 63.1 Å². The van der Waals surface area contributed by atoms with E-state index in [0.29, 0.717) is 37.6 Å². The number of aromatic amines is 1. The molecule has 26 heavy (non-hydrogen) atoms. The van der Waals surface area contributed by atoms with Crippen LogP contribution < -0.4 is 5.43 Å². The van der Waals surface area contributed by atoms with Crippen LogP contribution in [0.5, 0.6) is 0 Å². The third kappa shape index (κ3) is 2.79. The second kappa shape index (κ2) is 6.08. The second-order valence-electron chi connectivity index (χ2n) is 7.14. The van der Waals surface area contributed by atoms with Crippen molar-refractivity contribution in [3.05, 3.63) is 45.7 Å². The lowest BCUT2D eigenvalue weighted by Crippen LogP contribution is -2.65. The largest absolute Gasteiger partial charge is 0.364 e.